The Balaban J connectivity index is 1.92. The fourth-order valence-electron chi connectivity index (χ4n) is 2.68. The van der Waals surface area contributed by atoms with E-state index >= 15 is 0 Å². The third-order valence-electron chi connectivity index (χ3n) is 4.04. The van der Waals surface area contributed by atoms with Crippen molar-refractivity contribution in [3.63, 3.8) is 0 Å². The van der Waals surface area contributed by atoms with Gasteiger partial charge in [-0.05, 0) is 23.5 Å². The fourth-order valence-corrected chi connectivity index (χ4v) is 2.68. The van der Waals surface area contributed by atoms with Crippen LogP contribution in [0.1, 0.15) is 37.8 Å². The predicted molar refractivity (Wildman–Crippen MR) is 82.8 cm³/mol. The van der Waals surface area contributed by atoms with Crippen molar-refractivity contribution in [3.05, 3.63) is 35.4 Å². The Morgan fingerprint density at radius 2 is 1.75 bits per heavy atom. The van der Waals surface area contributed by atoms with Crippen molar-refractivity contribution < 1.29 is 4.79 Å². The Morgan fingerprint density at radius 3 is 2.30 bits per heavy atom. The Hall–Kier alpha value is -1.35. The van der Waals surface area contributed by atoms with Crippen molar-refractivity contribution in [2.24, 2.45) is 5.92 Å². The molecule has 1 aromatic rings. The van der Waals surface area contributed by atoms with Crippen LogP contribution in [0.2, 0.25) is 0 Å². The standard InChI is InChI=1S/C17H26N2O/c1-13(2)16-6-4-15(5-7-16)12-14(3)17(20)19-10-8-18-9-11-19/h4-7,13-14,18H,8-12H2,1-3H3. The number of carbonyl (C=O) groups is 1. The van der Waals surface area contributed by atoms with Gasteiger partial charge < -0.3 is 10.2 Å². The summed E-state index contributed by atoms with van der Waals surface area (Å²) < 4.78 is 0. The average Bonchev–Trinajstić information content (AvgIpc) is 2.48. The fraction of sp³-hybridized carbons (Fsp3) is 0.588. The second-order valence-electron chi connectivity index (χ2n) is 6.08. The first kappa shape index (κ1) is 15.0. The topological polar surface area (TPSA) is 32.3 Å². The van der Waals surface area contributed by atoms with Gasteiger partial charge in [0.1, 0.15) is 0 Å². The molecule has 1 aromatic carbocycles. The number of rotatable bonds is 4. The first-order valence-corrected chi connectivity index (χ1v) is 7.66. The molecule has 0 radical (unpaired) electrons. The number of hydrogen-bond acceptors (Lipinski definition) is 2. The van der Waals surface area contributed by atoms with E-state index in [0.717, 1.165) is 32.6 Å². The molecule has 20 heavy (non-hydrogen) atoms. The molecule has 0 aromatic heterocycles. The smallest absolute Gasteiger partial charge is 0.225 e. The molecule has 3 heteroatoms. The molecule has 0 aliphatic carbocycles. The van der Waals surface area contributed by atoms with E-state index in [0.29, 0.717) is 11.8 Å². The summed E-state index contributed by atoms with van der Waals surface area (Å²) in [4.78, 5) is 14.4. The highest BCUT2D eigenvalue weighted by Gasteiger charge is 2.21. The molecule has 1 fully saturated rings. The highest BCUT2D eigenvalue weighted by molar-refractivity contribution is 5.79. The van der Waals surface area contributed by atoms with E-state index in [2.05, 4.69) is 43.4 Å². The highest BCUT2D eigenvalue weighted by atomic mass is 16.2. The summed E-state index contributed by atoms with van der Waals surface area (Å²) in [7, 11) is 0. The Kier molecular flexibility index (Phi) is 5.18. The average molecular weight is 274 g/mol. The molecule has 1 atom stereocenters. The first-order chi connectivity index (χ1) is 9.58. The molecule has 1 N–H and O–H groups in total. The van der Waals surface area contributed by atoms with Gasteiger partial charge in [-0.15, -0.1) is 0 Å². The van der Waals surface area contributed by atoms with Crippen molar-refractivity contribution >= 4 is 5.91 Å². The van der Waals surface area contributed by atoms with Crippen molar-refractivity contribution in [1.29, 1.82) is 0 Å². The lowest BCUT2D eigenvalue weighted by molar-refractivity contribution is -0.135. The summed E-state index contributed by atoms with van der Waals surface area (Å²) in [6.45, 7) is 9.96. The SMILES string of the molecule is CC(Cc1ccc(C(C)C)cc1)C(=O)N1CCNCC1. The van der Waals surface area contributed by atoms with Gasteiger partial charge in [-0.2, -0.15) is 0 Å². The van der Waals surface area contributed by atoms with Gasteiger partial charge in [0, 0.05) is 32.1 Å². The summed E-state index contributed by atoms with van der Waals surface area (Å²) in [6.07, 6.45) is 0.834. The zero-order valence-corrected chi connectivity index (χ0v) is 12.9. The number of nitrogens with zero attached hydrogens (tertiary/aromatic N) is 1. The van der Waals surface area contributed by atoms with Crippen molar-refractivity contribution in [1.82, 2.24) is 10.2 Å². The molecule has 1 amide bonds. The Labute approximate surface area is 122 Å². The largest absolute Gasteiger partial charge is 0.340 e. The van der Waals surface area contributed by atoms with Crippen LogP contribution in [0.3, 0.4) is 0 Å². The molecule has 0 saturated carbocycles. The molecule has 110 valence electrons. The maximum absolute atomic E-state index is 12.4. The summed E-state index contributed by atoms with van der Waals surface area (Å²) in [6, 6.07) is 8.69. The minimum atomic E-state index is 0.0676. The molecule has 3 nitrogen and oxygen atoms in total. The van der Waals surface area contributed by atoms with Crippen LogP contribution < -0.4 is 5.32 Å². The monoisotopic (exact) mass is 274 g/mol. The first-order valence-electron chi connectivity index (χ1n) is 7.66. The normalized spacial score (nSPS) is 17.3. The van der Waals surface area contributed by atoms with Gasteiger partial charge >= 0.3 is 0 Å². The van der Waals surface area contributed by atoms with Crippen LogP contribution in [0.15, 0.2) is 24.3 Å². The van der Waals surface area contributed by atoms with E-state index in [1.807, 2.05) is 11.8 Å². The maximum atomic E-state index is 12.4. The molecule has 1 unspecified atom stereocenters. The van der Waals surface area contributed by atoms with Crippen LogP contribution in [0.4, 0.5) is 0 Å². The zero-order chi connectivity index (χ0) is 14.5. The van der Waals surface area contributed by atoms with E-state index in [-0.39, 0.29) is 5.92 Å². The second-order valence-corrected chi connectivity index (χ2v) is 6.08. The quantitative estimate of drug-likeness (QED) is 0.914. The van der Waals surface area contributed by atoms with Gasteiger partial charge in [0.05, 0.1) is 0 Å². The lowest BCUT2D eigenvalue weighted by Gasteiger charge is -2.29. The van der Waals surface area contributed by atoms with E-state index in [1.54, 1.807) is 0 Å². The summed E-state index contributed by atoms with van der Waals surface area (Å²) >= 11 is 0. The minimum Gasteiger partial charge on any atom is -0.340 e. The number of nitrogens with one attached hydrogen (secondary N) is 1. The molecule has 2 rings (SSSR count). The molecule has 1 saturated heterocycles. The summed E-state index contributed by atoms with van der Waals surface area (Å²) in [5, 5.41) is 3.28. The lowest BCUT2D eigenvalue weighted by Crippen LogP contribution is -2.48. The van der Waals surface area contributed by atoms with Crippen LogP contribution in [0, 0.1) is 5.92 Å². The molecule has 0 spiro atoms. The van der Waals surface area contributed by atoms with E-state index in [9.17, 15) is 4.79 Å². The van der Waals surface area contributed by atoms with E-state index < -0.39 is 0 Å². The number of amides is 1. The van der Waals surface area contributed by atoms with Gasteiger partial charge in [-0.1, -0.05) is 45.0 Å². The van der Waals surface area contributed by atoms with Crippen molar-refractivity contribution in [2.75, 3.05) is 26.2 Å². The summed E-state index contributed by atoms with van der Waals surface area (Å²) in [5.41, 5.74) is 2.61. The minimum absolute atomic E-state index is 0.0676. The third kappa shape index (κ3) is 3.83. The predicted octanol–water partition coefficient (Wildman–Crippen LogP) is 2.42. The molecule has 1 aliphatic heterocycles. The van der Waals surface area contributed by atoms with Crippen molar-refractivity contribution in [3.8, 4) is 0 Å². The van der Waals surface area contributed by atoms with Crippen LogP contribution in [0.25, 0.3) is 0 Å². The van der Waals surface area contributed by atoms with E-state index in [4.69, 9.17) is 0 Å². The number of hydrogen-bond donors (Lipinski definition) is 1. The second kappa shape index (κ2) is 6.89. The number of piperazine rings is 1. The third-order valence-corrected chi connectivity index (χ3v) is 4.04. The van der Waals surface area contributed by atoms with Gasteiger partial charge in [-0.3, -0.25) is 4.79 Å². The maximum Gasteiger partial charge on any atom is 0.225 e. The molecule has 0 bridgehead atoms. The number of benzene rings is 1. The molecular weight excluding hydrogens is 248 g/mol. The van der Waals surface area contributed by atoms with E-state index in [1.165, 1.54) is 11.1 Å². The molecule has 1 aliphatic rings. The van der Waals surface area contributed by atoms with Crippen molar-refractivity contribution in [2.45, 2.75) is 33.1 Å². The van der Waals surface area contributed by atoms with Gasteiger partial charge in [0.15, 0.2) is 0 Å². The Morgan fingerprint density at radius 1 is 1.15 bits per heavy atom. The van der Waals surface area contributed by atoms with Crippen LogP contribution in [0.5, 0.6) is 0 Å². The van der Waals surface area contributed by atoms with Gasteiger partial charge in [0.25, 0.3) is 0 Å². The van der Waals surface area contributed by atoms with Gasteiger partial charge in [0.2, 0.25) is 5.91 Å². The zero-order valence-electron chi connectivity index (χ0n) is 12.9. The lowest BCUT2D eigenvalue weighted by atomic mass is 9.96. The summed E-state index contributed by atoms with van der Waals surface area (Å²) in [5.74, 6) is 0.918. The van der Waals surface area contributed by atoms with Crippen LogP contribution in [-0.2, 0) is 11.2 Å². The molecular formula is C17H26N2O. The van der Waals surface area contributed by atoms with Crippen LogP contribution in [-0.4, -0.2) is 37.0 Å². The molecule has 1 heterocycles. The Bertz CT molecular complexity index is 433. The van der Waals surface area contributed by atoms with Crippen LogP contribution >= 0.6 is 0 Å². The highest BCUT2D eigenvalue weighted by Crippen LogP contribution is 2.17. The number of carbonyl (C=O) groups excluding carboxylic acids is 1. The van der Waals surface area contributed by atoms with Gasteiger partial charge in [-0.25, -0.2) is 0 Å².